The van der Waals surface area contributed by atoms with Gasteiger partial charge in [-0.1, -0.05) is 17.4 Å². The first kappa shape index (κ1) is 19.0. The quantitative estimate of drug-likeness (QED) is 0.684. The highest BCUT2D eigenvalue weighted by molar-refractivity contribution is 7.89. The number of thiazole rings is 1. The number of benzene rings is 2. The number of sulfonamides is 1. The third kappa shape index (κ3) is 3.43. The number of carbonyl (C=O) groups excluding carboxylic acids is 1. The summed E-state index contributed by atoms with van der Waals surface area (Å²) in [6, 6.07) is 10.2. The van der Waals surface area contributed by atoms with Gasteiger partial charge in [0.25, 0.3) is 5.91 Å². The van der Waals surface area contributed by atoms with Crippen LogP contribution in [-0.4, -0.2) is 36.7 Å². The van der Waals surface area contributed by atoms with Gasteiger partial charge in [-0.3, -0.25) is 10.1 Å². The third-order valence-corrected chi connectivity index (χ3v) is 8.02. The Hall–Kier alpha value is -2.29. The molecule has 0 atom stereocenters. The van der Waals surface area contributed by atoms with E-state index in [4.69, 9.17) is 0 Å². The summed E-state index contributed by atoms with van der Waals surface area (Å²) in [4.78, 5) is 17.3. The molecule has 3 aromatic rings. The minimum Gasteiger partial charge on any atom is -0.298 e. The van der Waals surface area contributed by atoms with E-state index in [-0.39, 0.29) is 16.8 Å². The van der Waals surface area contributed by atoms with Gasteiger partial charge in [0, 0.05) is 18.7 Å². The van der Waals surface area contributed by atoms with Gasteiger partial charge in [-0.15, -0.1) is 0 Å². The molecule has 0 unspecified atom stereocenters. The summed E-state index contributed by atoms with van der Waals surface area (Å²) >= 11 is 1.42. The first-order chi connectivity index (χ1) is 13.3. The highest BCUT2D eigenvalue weighted by Crippen LogP contribution is 2.31. The monoisotopic (exact) mass is 415 g/mol. The lowest BCUT2D eigenvalue weighted by molar-refractivity contribution is 0.102. The zero-order valence-corrected chi connectivity index (χ0v) is 17.5. The number of hydrogen-bond donors (Lipinski definition) is 1. The van der Waals surface area contributed by atoms with Crippen LogP contribution in [-0.2, 0) is 10.0 Å². The average Bonchev–Trinajstić information content (AvgIpc) is 3.44. The summed E-state index contributed by atoms with van der Waals surface area (Å²) in [5, 5.41) is 3.34. The van der Waals surface area contributed by atoms with Crippen LogP contribution >= 0.6 is 11.3 Å². The van der Waals surface area contributed by atoms with Gasteiger partial charge in [0.1, 0.15) is 0 Å². The van der Waals surface area contributed by atoms with E-state index in [2.05, 4.69) is 10.3 Å². The van der Waals surface area contributed by atoms with E-state index < -0.39 is 10.0 Å². The Morgan fingerprint density at radius 3 is 2.46 bits per heavy atom. The highest BCUT2D eigenvalue weighted by Gasteiger charge is 2.35. The fourth-order valence-electron chi connectivity index (χ4n) is 3.03. The Bertz CT molecular complexity index is 1160. The van der Waals surface area contributed by atoms with Crippen LogP contribution in [0.15, 0.2) is 41.3 Å². The molecule has 1 aromatic heterocycles. The molecule has 8 heteroatoms. The van der Waals surface area contributed by atoms with Gasteiger partial charge in [-0.2, -0.15) is 4.31 Å². The van der Waals surface area contributed by atoms with Gasteiger partial charge >= 0.3 is 0 Å². The first-order valence-electron chi connectivity index (χ1n) is 9.03. The summed E-state index contributed by atoms with van der Waals surface area (Å²) in [5.41, 5.74) is 3.54. The van der Waals surface area contributed by atoms with Crippen molar-refractivity contribution in [3.63, 3.8) is 0 Å². The molecule has 4 rings (SSSR count). The second kappa shape index (κ2) is 6.95. The Balaban J connectivity index is 1.53. The van der Waals surface area contributed by atoms with Crippen molar-refractivity contribution < 1.29 is 13.2 Å². The Labute approximate surface area is 168 Å². The number of rotatable bonds is 5. The van der Waals surface area contributed by atoms with Crippen LogP contribution in [0, 0.1) is 13.8 Å². The molecule has 0 bridgehead atoms. The molecule has 1 aliphatic carbocycles. The van der Waals surface area contributed by atoms with Gasteiger partial charge in [0.05, 0.1) is 15.1 Å². The molecule has 0 saturated heterocycles. The molecule has 28 heavy (non-hydrogen) atoms. The molecular formula is C20H21N3O3S2. The van der Waals surface area contributed by atoms with Crippen LogP contribution in [0.1, 0.15) is 34.3 Å². The molecule has 1 heterocycles. The maximum atomic E-state index is 12.6. The Morgan fingerprint density at radius 1 is 1.14 bits per heavy atom. The summed E-state index contributed by atoms with van der Waals surface area (Å²) in [6.07, 6.45) is 1.80. The van der Waals surface area contributed by atoms with Crippen molar-refractivity contribution in [3.05, 3.63) is 53.1 Å². The predicted molar refractivity (Wildman–Crippen MR) is 111 cm³/mol. The zero-order chi connectivity index (χ0) is 20.1. The molecule has 1 saturated carbocycles. The van der Waals surface area contributed by atoms with E-state index in [9.17, 15) is 13.2 Å². The van der Waals surface area contributed by atoms with Crippen LogP contribution in [0.2, 0.25) is 0 Å². The van der Waals surface area contributed by atoms with Crippen molar-refractivity contribution in [3.8, 4) is 0 Å². The van der Waals surface area contributed by atoms with Crippen LogP contribution in [0.3, 0.4) is 0 Å². The predicted octanol–water partition coefficient (Wildman–Crippen LogP) is 3.95. The number of fused-ring (bicyclic) bond motifs is 1. The average molecular weight is 416 g/mol. The van der Waals surface area contributed by atoms with Gasteiger partial charge in [0.2, 0.25) is 10.0 Å². The fraction of sp³-hybridized carbons (Fsp3) is 0.300. The van der Waals surface area contributed by atoms with Crippen molar-refractivity contribution in [2.75, 3.05) is 12.4 Å². The van der Waals surface area contributed by atoms with Crippen LogP contribution in [0.5, 0.6) is 0 Å². The molecule has 1 aliphatic rings. The van der Waals surface area contributed by atoms with Gasteiger partial charge < -0.3 is 0 Å². The van der Waals surface area contributed by atoms with Crippen LogP contribution < -0.4 is 5.32 Å². The van der Waals surface area contributed by atoms with E-state index in [1.54, 1.807) is 7.05 Å². The molecule has 0 aliphatic heterocycles. The molecule has 1 N–H and O–H groups in total. The van der Waals surface area contributed by atoms with Crippen LogP contribution in [0.4, 0.5) is 5.13 Å². The molecule has 1 fully saturated rings. The van der Waals surface area contributed by atoms with E-state index in [0.29, 0.717) is 10.7 Å². The Morgan fingerprint density at radius 2 is 1.82 bits per heavy atom. The van der Waals surface area contributed by atoms with Crippen LogP contribution in [0.25, 0.3) is 10.2 Å². The maximum Gasteiger partial charge on any atom is 0.257 e. The third-order valence-electron chi connectivity index (χ3n) is 5.16. The molecule has 1 amide bonds. The van der Waals surface area contributed by atoms with Gasteiger partial charge in [-0.05, 0) is 68.1 Å². The van der Waals surface area contributed by atoms with E-state index >= 15 is 0 Å². The molecule has 2 aromatic carbocycles. The van der Waals surface area contributed by atoms with Gasteiger partial charge in [0.15, 0.2) is 5.13 Å². The summed E-state index contributed by atoms with van der Waals surface area (Å²) < 4.78 is 27.6. The zero-order valence-electron chi connectivity index (χ0n) is 15.9. The summed E-state index contributed by atoms with van der Waals surface area (Å²) in [6.45, 7) is 4.05. The molecular weight excluding hydrogens is 394 g/mol. The lowest BCUT2D eigenvalue weighted by atomic mass is 10.1. The maximum absolute atomic E-state index is 12.6. The second-order valence-electron chi connectivity index (χ2n) is 7.10. The lowest BCUT2D eigenvalue weighted by Crippen LogP contribution is -2.29. The number of aryl methyl sites for hydroxylation is 2. The number of nitrogens with zero attached hydrogens (tertiary/aromatic N) is 2. The minimum atomic E-state index is -3.51. The molecule has 0 spiro atoms. The Kier molecular flexibility index (Phi) is 4.73. The number of amides is 1. The van der Waals surface area contributed by atoms with Crippen molar-refractivity contribution in [1.29, 1.82) is 0 Å². The number of carbonyl (C=O) groups is 1. The van der Waals surface area contributed by atoms with Crippen molar-refractivity contribution in [2.24, 2.45) is 0 Å². The molecule has 6 nitrogen and oxygen atoms in total. The van der Waals surface area contributed by atoms with Crippen molar-refractivity contribution in [2.45, 2.75) is 37.6 Å². The van der Waals surface area contributed by atoms with E-state index in [0.717, 1.165) is 34.2 Å². The number of aromatic nitrogens is 1. The van der Waals surface area contributed by atoms with E-state index in [1.807, 2.05) is 26.0 Å². The highest BCUT2D eigenvalue weighted by atomic mass is 32.2. The number of hydrogen-bond acceptors (Lipinski definition) is 5. The summed E-state index contributed by atoms with van der Waals surface area (Å²) in [7, 11) is -1.91. The minimum absolute atomic E-state index is 0.0964. The second-order valence-corrected chi connectivity index (χ2v) is 10.1. The van der Waals surface area contributed by atoms with Gasteiger partial charge in [-0.25, -0.2) is 13.4 Å². The summed E-state index contributed by atoms with van der Waals surface area (Å²) in [5.74, 6) is -0.312. The van der Waals surface area contributed by atoms with E-state index in [1.165, 1.54) is 39.9 Å². The standard InChI is InChI=1S/C20H21N3O3S2/c1-12-4-11-17-18(13(12)2)21-20(27-17)22-19(24)14-5-9-16(10-6-14)28(25,26)23(3)15-7-8-15/h4-6,9-11,15H,7-8H2,1-3H3,(H,21,22,24). The number of anilines is 1. The topological polar surface area (TPSA) is 79.4 Å². The lowest BCUT2D eigenvalue weighted by Gasteiger charge is -2.16. The SMILES string of the molecule is Cc1ccc2sc(NC(=O)c3ccc(S(=O)(=O)N(C)C4CC4)cc3)nc2c1C. The smallest absolute Gasteiger partial charge is 0.257 e. The van der Waals surface area contributed by atoms with Crippen molar-refractivity contribution >= 4 is 42.6 Å². The van der Waals surface area contributed by atoms with Crippen molar-refractivity contribution in [1.82, 2.24) is 9.29 Å². The fourth-order valence-corrected chi connectivity index (χ4v) is 5.36. The largest absolute Gasteiger partial charge is 0.298 e. The molecule has 0 radical (unpaired) electrons. The molecule has 146 valence electrons. The first-order valence-corrected chi connectivity index (χ1v) is 11.3. The normalized spacial score (nSPS) is 14.6. The number of nitrogens with one attached hydrogen (secondary N) is 1.